The molecule has 2 heterocycles. The summed E-state index contributed by atoms with van der Waals surface area (Å²) in [5.41, 5.74) is 1.42. The molecule has 5 atom stereocenters. The summed E-state index contributed by atoms with van der Waals surface area (Å²) in [6.45, 7) is 5.10. The molecular formula is C27H34BN3O9. The Bertz CT molecular complexity index is 1190. The van der Waals surface area contributed by atoms with Crippen LogP contribution in [-0.2, 0) is 33.2 Å². The Morgan fingerprint density at radius 2 is 1.75 bits per heavy atom. The lowest BCUT2D eigenvalue weighted by Crippen LogP contribution is -2.63. The molecule has 2 amide bonds. The minimum atomic E-state index is -1.41. The van der Waals surface area contributed by atoms with Gasteiger partial charge in [0, 0.05) is 12.7 Å². The van der Waals surface area contributed by atoms with Crippen LogP contribution < -0.4 is 10.6 Å². The lowest BCUT2D eigenvalue weighted by Gasteiger charge is -2.35. The van der Waals surface area contributed by atoms with Crippen LogP contribution in [0, 0.1) is 5.92 Å². The number of aliphatic hydroxyl groups excluding tert-OH is 1. The number of aromatic nitrogens is 1. The van der Waals surface area contributed by atoms with E-state index in [0.29, 0.717) is 5.69 Å². The first kappa shape index (κ1) is 30.7. The summed E-state index contributed by atoms with van der Waals surface area (Å²) in [5.74, 6) is -4.07. The molecule has 1 unspecified atom stereocenters. The van der Waals surface area contributed by atoms with E-state index in [1.165, 1.54) is 20.1 Å². The maximum absolute atomic E-state index is 13.3. The Morgan fingerprint density at radius 1 is 1.05 bits per heavy atom. The van der Waals surface area contributed by atoms with Crippen LogP contribution in [0.2, 0.25) is 0 Å². The molecule has 0 spiro atoms. The lowest BCUT2D eigenvalue weighted by atomic mass is 9.72. The maximum Gasteiger partial charge on any atom is 0.552 e. The van der Waals surface area contributed by atoms with Gasteiger partial charge in [0.15, 0.2) is 12.2 Å². The summed E-state index contributed by atoms with van der Waals surface area (Å²) in [4.78, 5) is 55.6. The van der Waals surface area contributed by atoms with E-state index in [-0.39, 0.29) is 18.0 Å². The largest absolute Gasteiger partial charge is 0.552 e. The van der Waals surface area contributed by atoms with Crippen LogP contribution in [0.4, 0.5) is 0 Å². The van der Waals surface area contributed by atoms with Crippen molar-refractivity contribution < 1.29 is 43.1 Å². The molecule has 3 rings (SSSR count). The highest BCUT2D eigenvalue weighted by molar-refractivity contribution is 6.50. The SMILES string of the molecule is COC(=O)[C@@H]1OB([C@H](CC(C)C)NC(=O)C(NC(=O)c2cccc(-c3ccccc3)n2)[C@@H](C)O)OC(=O)[C@H]1OC. The minimum absolute atomic E-state index is 0.00570. The highest BCUT2D eigenvalue weighted by atomic mass is 16.7. The second kappa shape index (κ2) is 14.0. The smallest absolute Gasteiger partial charge is 0.506 e. The summed E-state index contributed by atoms with van der Waals surface area (Å²) >= 11 is 0. The predicted molar refractivity (Wildman–Crippen MR) is 144 cm³/mol. The molecule has 214 valence electrons. The topological polar surface area (TPSA) is 162 Å². The third kappa shape index (κ3) is 7.65. The molecular weight excluding hydrogens is 521 g/mol. The van der Waals surface area contributed by atoms with Gasteiger partial charge in [0.25, 0.3) is 5.91 Å². The Balaban J connectivity index is 1.78. The molecule has 0 aliphatic carbocycles. The quantitative estimate of drug-likeness (QED) is 0.269. The predicted octanol–water partition coefficient (Wildman–Crippen LogP) is 0.916. The fourth-order valence-electron chi connectivity index (χ4n) is 4.21. The summed E-state index contributed by atoms with van der Waals surface area (Å²) in [6.07, 6.45) is -3.78. The van der Waals surface area contributed by atoms with Crippen LogP contribution in [0.1, 0.15) is 37.7 Å². The van der Waals surface area contributed by atoms with E-state index in [0.717, 1.165) is 12.7 Å². The zero-order chi connectivity index (χ0) is 29.4. The molecule has 40 heavy (non-hydrogen) atoms. The molecule has 2 aromatic rings. The second-order valence-corrected chi connectivity index (χ2v) is 9.75. The van der Waals surface area contributed by atoms with Gasteiger partial charge in [-0.2, -0.15) is 0 Å². The second-order valence-electron chi connectivity index (χ2n) is 9.75. The van der Waals surface area contributed by atoms with Crippen molar-refractivity contribution >= 4 is 30.9 Å². The van der Waals surface area contributed by atoms with Crippen LogP contribution >= 0.6 is 0 Å². The van der Waals surface area contributed by atoms with E-state index in [4.69, 9.17) is 18.8 Å². The average Bonchev–Trinajstić information content (AvgIpc) is 2.94. The van der Waals surface area contributed by atoms with Gasteiger partial charge < -0.3 is 34.5 Å². The zero-order valence-corrected chi connectivity index (χ0v) is 23.0. The lowest BCUT2D eigenvalue weighted by molar-refractivity contribution is -0.176. The number of pyridine rings is 1. The number of nitrogens with one attached hydrogen (secondary N) is 2. The van der Waals surface area contributed by atoms with Gasteiger partial charge in [0.05, 0.1) is 24.8 Å². The first-order valence-electron chi connectivity index (χ1n) is 12.8. The Hall–Kier alpha value is -3.81. The Morgan fingerprint density at radius 3 is 2.35 bits per heavy atom. The number of ether oxygens (including phenoxy) is 2. The third-order valence-corrected chi connectivity index (χ3v) is 6.19. The molecule has 0 saturated carbocycles. The van der Waals surface area contributed by atoms with E-state index in [1.54, 1.807) is 12.1 Å². The molecule has 1 saturated heterocycles. The summed E-state index contributed by atoms with van der Waals surface area (Å²) in [7, 11) is 1.00. The van der Waals surface area contributed by atoms with Crippen molar-refractivity contribution in [2.45, 2.75) is 57.5 Å². The average molecular weight is 555 g/mol. The van der Waals surface area contributed by atoms with Gasteiger partial charge in [0.2, 0.25) is 5.91 Å². The van der Waals surface area contributed by atoms with Gasteiger partial charge in [-0.3, -0.25) is 14.4 Å². The molecule has 1 aliphatic heterocycles. The van der Waals surface area contributed by atoms with Gasteiger partial charge in [0.1, 0.15) is 11.7 Å². The maximum atomic E-state index is 13.3. The highest BCUT2D eigenvalue weighted by Crippen LogP contribution is 2.21. The van der Waals surface area contributed by atoms with Crippen molar-refractivity contribution in [3.8, 4) is 11.3 Å². The standard InChI is InChI=1S/C27H34BN3O9/c1-15(2)14-20(28-39-23(26(35)38-5)22(37-4)27(36)40-28)30-25(34)21(16(3)32)31-24(33)19-13-9-12-18(29-19)17-10-7-6-8-11-17/h6-13,15-16,20-23,32H,14H2,1-5H3,(H,30,34)(H,31,33)/t16-,20+,21?,22+,23-/m1/s1. The number of benzene rings is 1. The molecule has 1 aromatic carbocycles. The van der Waals surface area contributed by atoms with Crippen molar-refractivity contribution in [3.63, 3.8) is 0 Å². The summed E-state index contributed by atoms with van der Waals surface area (Å²) in [5, 5.41) is 15.6. The van der Waals surface area contributed by atoms with Gasteiger partial charge >= 0.3 is 19.1 Å². The normalized spacial score (nSPS) is 19.3. The van der Waals surface area contributed by atoms with Crippen LogP contribution in [-0.4, -0.2) is 85.5 Å². The van der Waals surface area contributed by atoms with Gasteiger partial charge in [-0.15, -0.1) is 0 Å². The number of methoxy groups -OCH3 is 2. The number of carbonyl (C=O) groups is 4. The fourth-order valence-corrected chi connectivity index (χ4v) is 4.21. The first-order chi connectivity index (χ1) is 19.0. The van der Waals surface area contributed by atoms with Crippen LogP contribution in [0.25, 0.3) is 11.3 Å². The monoisotopic (exact) mass is 555 g/mol. The van der Waals surface area contributed by atoms with E-state index < -0.39 is 61.2 Å². The Kier molecular flexibility index (Phi) is 10.8. The van der Waals surface area contributed by atoms with Crippen molar-refractivity contribution in [1.29, 1.82) is 0 Å². The number of hydrogen-bond acceptors (Lipinski definition) is 10. The molecule has 0 radical (unpaired) electrons. The summed E-state index contributed by atoms with van der Waals surface area (Å²) < 4.78 is 20.8. The van der Waals surface area contributed by atoms with Crippen molar-refractivity contribution in [2.24, 2.45) is 5.92 Å². The van der Waals surface area contributed by atoms with E-state index >= 15 is 0 Å². The van der Waals surface area contributed by atoms with Crippen molar-refractivity contribution in [1.82, 2.24) is 15.6 Å². The Labute approximate surface area is 232 Å². The molecule has 1 aromatic heterocycles. The minimum Gasteiger partial charge on any atom is -0.506 e. The number of hydrogen-bond donors (Lipinski definition) is 3. The zero-order valence-electron chi connectivity index (χ0n) is 23.0. The van der Waals surface area contributed by atoms with Gasteiger partial charge in [-0.25, -0.2) is 9.78 Å². The van der Waals surface area contributed by atoms with Crippen LogP contribution in [0.3, 0.4) is 0 Å². The first-order valence-corrected chi connectivity index (χ1v) is 12.8. The number of amides is 2. The number of rotatable bonds is 11. The highest BCUT2D eigenvalue weighted by Gasteiger charge is 2.51. The molecule has 1 fully saturated rings. The third-order valence-electron chi connectivity index (χ3n) is 6.19. The van der Waals surface area contributed by atoms with E-state index in [9.17, 15) is 24.3 Å². The molecule has 13 heteroatoms. The van der Waals surface area contributed by atoms with Crippen molar-refractivity contribution in [3.05, 3.63) is 54.2 Å². The number of nitrogens with zero attached hydrogens (tertiary/aromatic N) is 1. The number of aliphatic hydroxyl groups is 1. The number of esters is 1. The number of carbonyl (C=O) groups excluding carboxylic acids is 4. The molecule has 12 nitrogen and oxygen atoms in total. The van der Waals surface area contributed by atoms with Crippen LogP contribution in [0.15, 0.2) is 48.5 Å². The molecule has 0 bridgehead atoms. The fraction of sp³-hybridized carbons (Fsp3) is 0.444. The summed E-state index contributed by atoms with van der Waals surface area (Å²) in [6, 6.07) is 12.8. The van der Waals surface area contributed by atoms with Crippen LogP contribution in [0.5, 0.6) is 0 Å². The van der Waals surface area contributed by atoms with Gasteiger partial charge in [-0.1, -0.05) is 50.2 Å². The van der Waals surface area contributed by atoms with Crippen molar-refractivity contribution in [2.75, 3.05) is 14.2 Å². The van der Waals surface area contributed by atoms with Gasteiger partial charge in [-0.05, 0) is 31.4 Å². The molecule has 1 aliphatic rings. The van der Waals surface area contributed by atoms with E-state index in [2.05, 4.69) is 15.6 Å². The van der Waals surface area contributed by atoms with E-state index in [1.807, 2.05) is 44.2 Å². The molecule has 3 N–H and O–H groups in total.